The first-order valence-electron chi connectivity index (χ1n) is 6.59. The van der Waals surface area contributed by atoms with Crippen LogP contribution < -0.4 is 11.1 Å². The first-order chi connectivity index (χ1) is 9.60. The topological polar surface area (TPSA) is 68.0 Å². The summed E-state index contributed by atoms with van der Waals surface area (Å²) >= 11 is 0. The summed E-state index contributed by atoms with van der Waals surface area (Å²) in [7, 11) is 0. The van der Waals surface area contributed by atoms with E-state index in [0.29, 0.717) is 18.8 Å². The van der Waals surface area contributed by atoms with Crippen molar-refractivity contribution in [1.29, 1.82) is 0 Å². The number of nitrogens with two attached hydrogens (primary N) is 1. The van der Waals surface area contributed by atoms with Gasteiger partial charge in [-0.2, -0.15) is 0 Å². The predicted octanol–water partition coefficient (Wildman–Crippen LogP) is 2.09. The van der Waals surface area contributed by atoms with E-state index in [1.165, 1.54) is 11.1 Å². The zero-order chi connectivity index (χ0) is 14.5. The molecule has 0 bridgehead atoms. The summed E-state index contributed by atoms with van der Waals surface area (Å²) in [6, 6.07) is 9.71. The molecule has 0 aliphatic carbocycles. The van der Waals surface area contributed by atoms with Gasteiger partial charge in [0, 0.05) is 19.3 Å². The number of carbonyl (C=O) groups excluding carboxylic acids is 1. The number of hydrogen-bond acceptors (Lipinski definition) is 3. The third kappa shape index (κ3) is 3.42. The van der Waals surface area contributed by atoms with Gasteiger partial charge in [-0.15, -0.1) is 0 Å². The quantitative estimate of drug-likeness (QED) is 0.893. The average Bonchev–Trinajstić information content (AvgIpc) is 2.46. The van der Waals surface area contributed by atoms with Crippen LogP contribution in [-0.4, -0.2) is 10.9 Å². The maximum atomic E-state index is 12.0. The molecule has 104 valence electrons. The van der Waals surface area contributed by atoms with Gasteiger partial charge in [-0.3, -0.25) is 9.78 Å². The smallest absolute Gasteiger partial charge is 0.270 e. The summed E-state index contributed by atoms with van der Waals surface area (Å²) in [6.07, 6.45) is 1.61. The first kappa shape index (κ1) is 14.2. The van der Waals surface area contributed by atoms with Gasteiger partial charge in [-0.1, -0.05) is 23.8 Å². The van der Waals surface area contributed by atoms with Gasteiger partial charge >= 0.3 is 0 Å². The summed E-state index contributed by atoms with van der Waals surface area (Å²) in [6.45, 7) is 5.00. The van der Waals surface area contributed by atoms with Crippen molar-refractivity contribution in [3.8, 4) is 0 Å². The Balaban J connectivity index is 2.04. The summed E-state index contributed by atoms with van der Waals surface area (Å²) in [5, 5.41) is 2.88. The van der Waals surface area contributed by atoms with Crippen LogP contribution in [0, 0.1) is 13.8 Å². The minimum atomic E-state index is -0.180. The summed E-state index contributed by atoms with van der Waals surface area (Å²) in [5.41, 5.74) is 10.4. The molecular formula is C16H19N3O. The van der Waals surface area contributed by atoms with E-state index in [-0.39, 0.29) is 5.91 Å². The first-order valence-corrected chi connectivity index (χ1v) is 6.59. The third-order valence-corrected chi connectivity index (χ3v) is 3.23. The molecule has 1 aromatic heterocycles. The van der Waals surface area contributed by atoms with Crippen molar-refractivity contribution >= 4 is 5.91 Å². The van der Waals surface area contributed by atoms with Gasteiger partial charge in [0.15, 0.2) is 0 Å². The molecule has 0 spiro atoms. The molecule has 0 unspecified atom stereocenters. The normalized spacial score (nSPS) is 10.3. The molecule has 0 atom stereocenters. The molecule has 20 heavy (non-hydrogen) atoms. The fourth-order valence-corrected chi connectivity index (χ4v) is 2.04. The van der Waals surface area contributed by atoms with Crippen LogP contribution in [0.1, 0.15) is 32.7 Å². The van der Waals surface area contributed by atoms with Crippen LogP contribution >= 0.6 is 0 Å². The second-order valence-corrected chi connectivity index (χ2v) is 4.87. The number of benzene rings is 1. The Morgan fingerprint density at radius 2 is 2.05 bits per heavy atom. The number of aromatic nitrogens is 1. The fourth-order valence-electron chi connectivity index (χ4n) is 2.04. The fraction of sp³-hybridized carbons (Fsp3) is 0.250. The summed E-state index contributed by atoms with van der Waals surface area (Å²) < 4.78 is 0. The third-order valence-electron chi connectivity index (χ3n) is 3.23. The molecule has 3 N–H and O–H groups in total. The number of hydrogen-bond donors (Lipinski definition) is 2. The molecule has 2 rings (SSSR count). The van der Waals surface area contributed by atoms with Crippen LogP contribution in [-0.2, 0) is 13.1 Å². The highest BCUT2D eigenvalue weighted by molar-refractivity contribution is 5.92. The number of aryl methyl sites for hydroxylation is 2. The highest BCUT2D eigenvalue weighted by Crippen LogP contribution is 2.10. The average molecular weight is 269 g/mol. The van der Waals surface area contributed by atoms with E-state index in [9.17, 15) is 4.79 Å². The zero-order valence-electron chi connectivity index (χ0n) is 11.8. The summed E-state index contributed by atoms with van der Waals surface area (Å²) in [5.74, 6) is -0.180. The molecule has 1 amide bonds. The zero-order valence-corrected chi connectivity index (χ0v) is 11.8. The van der Waals surface area contributed by atoms with E-state index in [2.05, 4.69) is 23.3 Å². The molecular weight excluding hydrogens is 250 g/mol. The van der Waals surface area contributed by atoms with E-state index >= 15 is 0 Å². The number of nitrogens with zero attached hydrogens (tertiary/aromatic N) is 1. The number of amides is 1. The number of rotatable bonds is 4. The lowest BCUT2D eigenvalue weighted by Crippen LogP contribution is -2.24. The van der Waals surface area contributed by atoms with Gasteiger partial charge in [0.1, 0.15) is 5.69 Å². The minimum Gasteiger partial charge on any atom is -0.347 e. The molecule has 0 saturated heterocycles. The van der Waals surface area contributed by atoms with Crippen molar-refractivity contribution in [3.05, 3.63) is 64.5 Å². The van der Waals surface area contributed by atoms with Crippen LogP contribution in [0.15, 0.2) is 36.5 Å². The maximum Gasteiger partial charge on any atom is 0.270 e. The van der Waals surface area contributed by atoms with E-state index in [0.717, 1.165) is 11.1 Å². The Labute approximate surface area is 119 Å². The Morgan fingerprint density at radius 1 is 1.25 bits per heavy atom. The Morgan fingerprint density at radius 3 is 2.75 bits per heavy atom. The van der Waals surface area contributed by atoms with Crippen molar-refractivity contribution in [1.82, 2.24) is 10.3 Å². The van der Waals surface area contributed by atoms with Crippen LogP contribution in [0.5, 0.6) is 0 Å². The van der Waals surface area contributed by atoms with Crippen molar-refractivity contribution in [3.63, 3.8) is 0 Å². The van der Waals surface area contributed by atoms with Crippen molar-refractivity contribution in [2.45, 2.75) is 26.9 Å². The van der Waals surface area contributed by atoms with E-state index < -0.39 is 0 Å². The van der Waals surface area contributed by atoms with Crippen LogP contribution in [0.2, 0.25) is 0 Å². The van der Waals surface area contributed by atoms with Gasteiger partial charge in [0.25, 0.3) is 5.91 Å². The molecule has 0 aliphatic heterocycles. The molecule has 4 heteroatoms. The van der Waals surface area contributed by atoms with E-state index in [1.807, 2.05) is 19.1 Å². The lowest BCUT2D eigenvalue weighted by Gasteiger charge is -2.09. The highest BCUT2D eigenvalue weighted by atomic mass is 16.1. The van der Waals surface area contributed by atoms with Gasteiger partial charge in [-0.05, 0) is 42.7 Å². The second-order valence-electron chi connectivity index (χ2n) is 4.87. The molecule has 0 fully saturated rings. The van der Waals surface area contributed by atoms with E-state index in [1.54, 1.807) is 18.3 Å². The Kier molecular flexibility index (Phi) is 4.48. The monoisotopic (exact) mass is 269 g/mol. The van der Waals surface area contributed by atoms with Crippen molar-refractivity contribution in [2.24, 2.45) is 5.73 Å². The lowest BCUT2D eigenvalue weighted by atomic mass is 10.1. The standard InChI is InChI=1S/C16H19N3O/c1-11-3-4-14(12(2)7-11)10-19-16(20)15-8-13(9-17)5-6-18-15/h3-8H,9-10,17H2,1-2H3,(H,19,20). The maximum absolute atomic E-state index is 12.0. The summed E-state index contributed by atoms with van der Waals surface area (Å²) in [4.78, 5) is 16.1. The van der Waals surface area contributed by atoms with Gasteiger partial charge in [0.2, 0.25) is 0 Å². The lowest BCUT2D eigenvalue weighted by molar-refractivity contribution is 0.0946. The van der Waals surface area contributed by atoms with Gasteiger partial charge in [-0.25, -0.2) is 0 Å². The largest absolute Gasteiger partial charge is 0.347 e. The number of pyridine rings is 1. The Bertz CT molecular complexity index is 623. The molecule has 0 aliphatic rings. The van der Waals surface area contributed by atoms with Gasteiger partial charge in [0.05, 0.1) is 0 Å². The van der Waals surface area contributed by atoms with Crippen molar-refractivity contribution in [2.75, 3.05) is 0 Å². The molecule has 4 nitrogen and oxygen atoms in total. The molecule has 1 aromatic carbocycles. The van der Waals surface area contributed by atoms with Crippen molar-refractivity contribution < 1.29 is 4.79 Å². The number of carbonyl (C=O) groups is 1. The van der Waals surface area contributed by atoms with Crippen LogP contribution in [0.4, 0.5) is 0 Å². The highest BCUT2D eigenvalue weighted by Gasteiger charge is 2.08. The van der Waals surface area contributed by atoms with E-state index in [4.69, 9.17) is 5.73 Å². The number of nitrogens with one attached hydrogen (secondary N) is 1. The molecule has 2 aromatic rings. The SMILES string of the molecule is Cc1ccc(CNC(=O)c2cc(CN)ccn2)c(C)c1. The molecule has 1 heterocycles. The molecule has 0 radical (unpaired) electrons. The van der Waals surface area contributed by atoms with Gasteiger partial charge < -0.3 is 11.1 Å². The van der Waals surface area contributed by atoms with Crippen LogP contribution in [0.3, 0.4) is 0 Å². The predicted molar refractivity (Wildman–Crippen MR) is 79.2 cm³/mol. The minimum absolute atomic E-state index is 0.180. The second kappa shape index (κ2) is 6.30. The molecule has 0 saturated carbocycles. The van der Waals surface area contributed by atoms with Crippen LogP contribution in [0.25, 0.3) is 0 Å². The Hall–Kier alpha value is -2.20.